The molecule has 3 rings (SSSR count). The molecule has 0 aromatic heterocycles. The van der Waals surface area contributed by atoms with E-state index in [9.17, 15) is 24.1 Å². The van der Waals surface area contributed by atoms with Crippen LogP contribution < -0.4 is 0 Å². The number of carboxylic acid groups (broad SMARTS) is 1. The zero-order valence-corrected chi connectivity index (χ0v) is 29.7. The van der Waals surface area contributed by atoms with E-state index in [1.807, 2.05) is 53.4 Å². The number of carbonyl (C=O) groups excluding carboxylic acids is 2. The van der Waals surface area contributed by atoms with Crippen LogP contribution in [-0.4, -0.2) is 81.8 Å². The van der Waals surface area contributed by atoms with Crippen LogP contribution >= 0.6 is 19.0 Å². The highest BCUT2D eigenvalue weighted by Gasteiger charge is 2.58. The van der Waals surface area contributed by atoms with Crippen molar-refractivity contribution in [1.29, 1.82) is 0 Å². The average Bonchev–Trinajstić information content (AvgIpc) is 2.93. The molecule has 2 amide bonds. The molecule has 1 N–H and O–H groups in total. The molecule has 2 atom stereocenters. The summed E-state index contributed by atoms with van der Waals surface area (Å²) in [5, 5.41) is 9.63. The first-order chi connectivity index (χ1) is 21.4. The first-order valence-electron chi connectivity index (χ1n) is 15.7. The van der Waals surface area contributed by atoms with Gasteiger partial charge in [-0.25, -0.2) is 14.5 Å². The summed E-state index contributed by atoms with van der Waals surface area (Å²) >= 11 is 6.27. The Bertz CT molecular complexity index is 1410. The van der Waals surface area contributed by atoms with E-state index in [1.54, 1.807) is 48.5 Å². The summed E-state index contributed by atoms with van der Waals surface area (Å²) in [6.07, 6.45) is -1.07. The van der Waals surface area contributed by atoms with Gasteiger partial charge in [0.25, 0.3) is 0 Å². The van der Waals surface area contributed by atoms with Crippen LogP contribution in [0.5, 0.6) is 0 Å². The van der Waals surface area contributed by atoms with Gasteiger partial charge >= 0.3 is 18.2 Å². The number of benzene rings is 2. The average molecular weight is 679 g/mol. The maximum atomic E-state index is 14.3. The molecule has 254 valence electrons. The summed E-state index contributed by atoms with van der Waals surface area (Å²) in [6.45, 7) is 12.8. The number of hydrogen-bond donors (Lipinski definition) is 1. The summed E-state index contributed by atoms with van der Waals surface area (Å²) in [4.78, 5) is 41.9. The smallest absolute Gasteiger partial charge is 0.419 e. The van der Waals surface area contributed by atoms with E-state index in [1.165, 1.54) is 0 Å². The van der Waals surface area contributed by atoms with Crippen LogP contribution in [0.4, 0.5) is 9.59 Å². The zero-order valence-electron chi connectivity index (χ0n) is 28.0. The Morgan fingerprint density at radius 1 is 0.978 bits per heavy atom. The van der Waals surface area contributed by atoms with E-state index in [-0.39, 0.29) is 45.1 Å². The van der Waals surface area contributed by atoms with Gasteiger partial charge in [0.2, 0.25) is 7.37 Å². The van der Waals surface area contributed by atoms with Crippen molar-refractivity contribution in [2.75, 3.05) is 32.4 Å². The molecule has 0 bridgehead atoms. The zero-order chi connectivity index (χ0) is 34.3. The molecule has 2 unspecified atom stereocenters. The van der Waals surface area contributed by atoms with Crippen molar-refractivity contribution in [2.24, 2.45) is 0 Å². The SMILES string of the molecule is CCOP1(=O)CCN(Cc2ccccc2-c2cccc(Cl)c2)CC1(CCCCN(C(=O)OC(C)(C)C)C(=O)OC(C)(C)C)C(=O)O. The van der Waals surface area contributed by atoms with Crippen molar-refractivity contribution in [2.45, 2.75) is 90.6 Å². The number of aliphatic carboxylic acids is 1. The fourth-order valence-corrected chi connectivity index (χ4v) is 8.72. The van der Waals surface area contributed by atoms with Gasteiger partial charge in [0.15, 0.2) is 5.16 Å². The van der Waals surface area contributed by atoms with Crippen LogP contribution in [0, 0.1) is 0 Å². The van der Waals surface area contributed by atoms with Gasteiger partial charge in [-0.1, -0.05) is 48.0 Å². The fourth-order valence-electron chi connectivity index (χ4n) is 5.56. The number of hydrogen-bond acceptors (Lipinski definition) is 8. The normalized spacial score (nSPS) is 20.6. The molecule has 0 radical (unpaired) electrons. The Labute approximate surface area is 277 Å². The van der Waals surface area contributed by atoms with Gasteiger partial charge in [0, 0.05) is 37.4 Å². The molecule has 10 nitrogen and oxygen atoms in total. The Morgan fingerprint density at radius 2 is 1.61 bits per heavy atom. The number of carboxylic acids is 1. The van der Waals surface area contributed by atoms with E-state index in [4.69, 9.17) is 25.6 Å². The first-order valence-corrected chi connectivity index (χ1v) is 17.9. The Hall–Kier alpha value is -2.91. The lowest BCUT2D eigenvalue weighted by atomic mass is 9.97. The van der Waals surface area contributed by atoms with E-state index < -0.39 is 41.9 Å². The second-order valence-corrected chi connectivity index (χ2v) is 16.9. The molecule has 2 aromatic carbocycles. The molecule has 0 spiro atoms. The number of carbonyl (C=O) groups is 3. The molecule has 0 saturated carbocycles. The van der Waals surface area contributed by atoms with Crippen LogP contribution in [0.2, 0.25) is 5.02 Å². The number of amides is 2. The highest BCUT2D eigenvalue weighted by atomic mass is 35.5. The minimum atomic E-state index is -3.64. The van der Waals surface area contributed by atoms with E-state index in [2.05, 4.69) is 0 Å². The van der Waals surface area contributed by atoms with E-state index in [0.29, 0.717) is 18.1 Å². The summed E-state index contributed by atoms with van der Waals surface area (Å²) in [6, 6.07) is 15.4. The summed E-state index contributed by atoms with van der Waals surface area (Å²) in [5.41, 5.74) is 1.23. The molecular formula is C34H48ClN2O8P. The largest absolute Gasteiger partial charge is 0.480 e. The Balaban J connectivity index is 1.83. The lowest BCUT2D eigenvalue weighted by Crippen LogP contribution is -2.54. The van der Waals surface area contributed by atoms with Crippen molar-refractivity contribution in [3.05, 3.63) is 59.1 Å². The van der Waals surface area contributed by atoms with E-state index >= 15 is 0 Å². The molecular weight excluding hydrogens is 631 g/mol. The van der Waals surface area contributed by atoms with Crippen LogP contribution in [0.15, 0.2) is 48.5 Å². The number of halogens is 1. The molecule has 1 heterocycles. The van der Waals surface area contributed by atoms with Crippen molar-refractivity contribution in [3.8, 4) is 11.1 Å². The Morgan fingerprint density at radius 3 is 2.17 bits per heavy atom. The highest BCUT2D eigenvalue weighted by molar-refractivity contribution is 7.62. The van der Waals surface area contributed by atoms with E-state index in [0.717, 1.165) is 21.6 Å². The van der Waals surface area contributed by atoms with Gasteiger partial charge in [-0.3, -0.25) is 14.3 Å². The first kappa shape index (κ1) is 37.5. The quantitative estimate of drug-likeness (QED) is 0.185. The number of rotatable bonds is 11. The van der Waals surface area contributed by atoms with Crippen LogP contribution in [-0.2, 0) is 29.9 Å². The summed E-state index contributed by atoms with van der Waals surface area (Å²) < 4.78 is 31.0. The second kappa shape index (κ2) is 15.3. The van der Waals surface area contributed by atoms with Crippen molar-refractivity contribution < 1.29 is 38.1 Å². The predicted molar refractivity (Wildman–Crippen MR) is 180 cm³/mol. The number of unbranched alkanes of at least 4 members (excludes halogenated alkanes) is 1. The fraction of sp³-hybridized carbons (Fsp3) is 0.559. The van der Waals surface area contributed by atoms with Gasteiger partial charge in [-0.15, -0.1) is 0 Å². The number of nitrogens with zero attached hydrogens (tertiary/aromatic N) is 2. The predicted octanol–water partition coefficient (Wildman–Crippen LogP) is 8.30. The minimum Gasteiger partial charge on any atom is -0.480 e. The molecule has 0 aliphatic carbocycles. The molecule has 46 heavy (non-hydrogen) atoms. The van der Waals surface area contributed by atoms with Gasteiger partial charge in [0.1, 0.15) is 11.2 Å². The molecule has 1 fully saturated rings. The van der Waals surface area contributed by atoms with Crippen molar-refractivity contribution in [3.63, 3.8) is 0 Å². The van der Waals surface area contributed by atoms with Gasteiger partial charge < -0.3 is 19.1 Å². The highest BCUT2D eigenvalue weighted by Crippen LogP contribution is 2.63. The van der Waals surface area contributed by atoms with Crippen LogP contribution in [0.25, 0.3) is 11.1 Å². The van der Waals surface area contributed by atoms with Crippen molar-refractivity contribution >= 4 is 37.1 Å². The molecule has 2 aromatic rings. The third-order valence-corrected chi connectivity index (χ3v) is 11.1. The molecule has 1 saturated heterocycles. The van der Waals surface area contributed by atoms with Crippen LogP contribution in [0.3, 0.4) is 0 Å². The maximum Gasteiger partial charge on any atom is 0.419 e. The molecule has 12 heteroatoms. The minimum absolute atomic E-state index is 0.0192. The van der Waals surface area contributed by atoms with Crippen molar-refractivity contribution in [1.82, 2.24) is 9.80 Å². The van der Waals surface area contributed by atoms with Gasteiger partial charge in [0.05, 0.1) is 6.61 Å². The lowest BCUT2D eigenvalue weighted by molar-refractivity contribution is -0.141. The maximum absolute atomic E-state index is 14.3. The number of imide groups is 1. The topological polar surface area (TPSA) is 123 Å². The molecule has 1 aliphatic heterocycles. The second-order valence-electron chi connectivity index (χ2n) is 13.6. The third kappa shape index (κ3) is 9.80. The summed E-state index contributed by atoms with van der Waals surface area (Å²) in [5.74, 6) is -1.19. The monoisotopic (exact) mass is 678 g/mol. The molecule has 1 aliphatic rings. The van der Waals surface area contributed by atoms with Crippen LogP contribution in [0.1, 0.15) is 73.3 Å². The third-order valence-electron chi connectivity index (χ3n) is 7.58. The summed E-state index contributed by atoms with van der Waals surface area (Å²) in [7, 11) is -3.64. The van der Waals surface area contributed by atoms with Gasteiger partial charge in [-0.2, -0.15) is 0 Å². The standard InChI is InChI=1S/C34H48ClN2O8P/c1-8-43-46(42)21-20-36(23-26-14-9-10-17-28(26)25-15-13-16-27(35)22-25)24-34(46,29(38)39)18-11-12-19-37(30(40)44-32(2,3)4)31(41)45-33(5,6)7/h9-10,13-17,22H,8,11-12,18-21,23-24H2,1-7H3,(H,38,39). The van der Waals surface area contributed by atoms with Gasteiger partial charge in [-0.05, 0) is 96.6 Å². The Kier molecular flexibility index (Phi) is 12.5. The number of ether oxygens (including phenoxy) is 2. The lowest BCUT2D eigenvalue weighted by Gasteiger charge is -2.45.